The zero-order chi connectivity index (χ0) is 38.0. The molecule has 4 amide bonds. The number of anilines is 2. The van der Waals surface area contributed by atoms with E-state index in [0.717, 1.165) is 38.1 Å². The zero-order valence-electron chi connectivity index (χ0n) is 30.0. The number of phenolic OH excluding ortho intramolecular Hbond substituents is 1. The number of amides is 4. The Bertz CT molecular complexity index is 2510. The Morgan fingerprint density at radius 1 is 0.963 bits per heavy atom. The number of aryl methyl sites for hydroxylation is 3. The number of imide groups is 2. The van der Waals surface area contributed by atoms with E-state index < -0.39 is 58.4 Å². The lowest BCUT2D eigenvalue weighted by Crippen LogP contribution is -2.49. The summed E-state index contributed by atoms with van der Waals surface area (Å²) in [6.45, 7) is 5.76. The smallest absolute Gasteiger partial charge is 0.242 e. The second kappa shape index (κ2) is 12.2. The number of fused-ring (bicyclic) bond motifs is 5. The lowest BCUT2D eigenvalue weighted by atomic mass is 9.51. The lowest BCUT2D eigenvalue weighted by Gasteiger charge is -2.49. The molecule has 54 heavy (non-hydrogen) atoms. The lowest BCUT2D eigenvalue weighted by molar-refractivity contribution is -0.131. The number of thiophene rings is 1. The van der Waals surface area contributed by atoms with Crippen molar-refractivity contribution in [3.63, 3.8) is 0 Å². The third-order valence-corrected chi connectivity index (χ3v) is 13.9. The van der Waals surface area contributed by atoms with Gasteiger partial charge >= 0.3 is 0 Å². The molecule has 0 radical (unpaired) electrons. The fourth-order valence-corrected chi connectivity index (χ4v) is 11.0. The first kappa shape index (κ1) is 34.6. The van der Waals surface area contributed by atoms with Crippen molar-refractivity contribution in [1.29, 1.82) is 0 Å². The summed E-state index contributed by atoms with van der Waals surface area (Å²) in [7, 11) is 1.69. The molecule has 2 saturated heterocycles. The highest BCUT2D eigenvalue weighted by Gasteiger charge is 2.68. The van der Waals surface area contributed by atoms with E-state index in [1.54, 1.807) is 49.6 Å². The van der Waals surface area contributed by atoms with Gasteiger partial charge in [-0.05, 0) is 104 Å². The summed E-state index contributed by atoms with van der Waals surface area (Å²) in [5.74, 6) is -6.31. The van der Waals surface area contributed by atoms with Crippen molar-refractivity contribution < 1.29 is 28.7 Å². The van der Waals surface area contributed by atoms with Crippen molar-refractivity contribution in [1.82, 2.24) is 9.78 Å². The molecule has 2 aliphatic carbocycles. The number of hydrogen-bond acceptors (Lipinski definition) is 7. The SMILES string of the molecule is CCc1ccc(N2C(=O)C3CC=C4C(CC5C(=O)N(c6cc(-c7sc8ccc(Cl)cc8c7C)nn6C)C(=O)C5(C)C4c4ccc(O)c(F)c4)C3C2=O)cc1. The number of halogens is 2. The van der Waals surface area contributed by atoms with Gasteiger partial charge in [-0.25, -0.2) is 9.29 Å². The summed E-state index contributed by atoms with van der Waals surface area (Å²) in [5.41, 5.74) is 2.91. The number of aromatic hydroxyl groups is 1. The minimum Gasteiger partial charge on any atom is -0.505 e. The Morgan fingerprint density at radius 2 is 1.72 bits per heavy atom. The predicted octanol–water partition coefficient (Wildman–Crippen LogP) is 8.11. The van der Waals surface area contributed by atoms with Gasteiger partial charge in [0.25, 0.3) is 0 Å². The summed E-state index contributed by atoms with van der Waals surface area (Å²) in [6, 6.07) is 18.8. The van der Waals surface area contributed by atoms with Crippen LogP contribution in [0.15, 0.2) is 78.4 Å². The number of hydrogen-bond donors (Lipinski definition) is 1. The molecule has 3 fully saturated rings. The van der Waals surface area contributed by atoms with Crippen molar-refractivity contribution in [2.75, 3.05) is 9.80 Å². The predicted molar refractivity (Wildman–Crippen MR) is 205 cm³/mol. The molecule has 9 rings (SSSR count). The number of phenols is 1. The standard InChI is InChI=1S/C42H36ClFN4O5S/c1-5-21-6-10-24(11-7-21)47-38(50)26-13-12-25-28(35(26)40(47)52)18-29-39(51)48(41(53)42(29,3)36(25)22-8-14-32(49)30(44)16-22)34-19-31(45-46(34)4)37-20(2)27-17-23(43)9-15-33(27)54-37/h6-12,14-17,19,26,28-29,35-36,49H,5,13,18H2,1-4H3. The van der Waals surface area contributed by atoms with E-state index in [0.29, 0.717) is 27.8 Å². The van der Waals surface area contributed by atoms with E-state index in [1.807, 2.05) is 50.3 Å². The van der Waals surface area contributed by atoms with Crippen molar-refractivity contribution >= 4 is 68.2 Å². The Hall–Kier alpha value is -5.13. The molecule has 2 aliphatic heterocycles. The van der Waals surface area contributed by atoms with Crippen LogP contribution < -0.4 is 9.80 Å². The summed E-state index contributed by atoms with van der Waals surface area (Å²) >= 11 is 7.85. The number of benzene rings is 3. The molecule has 6 atom stereocenters. The first-order chi connectivity index (χ1) is 25.8. The zero-order valence-corrected chi connectivity index (χ0v) is 31.5. The van der Waals surface area contributed by atoms with Crippen LogP contribution >= 0.6 is 22.9 Å². The van der Waals surface area contributed by atoms with Crippen LogP contribution in [0.3, 0.4) is 0 Å². The van der Waals surface area contributed by atoms with E-state index in [-0.39, 0.29) is 24.7 Å². The summed E-state index contributed by atoms with van der Waals surface area (Å²) in [6.07, 6.45) is 3.16. The second-order valence-corrected chi connectivity index (χ2v) is 16.6. The van der Waals surface area contributed by atoms with E-state index in [9.17, 15) is 19.5 Å². The third-order valence-electron chi connectivity index (χ3n) is 12.4. The fraction of sp³-hybridized carbons (Fsp3) is 0.310. The van der Waals surface area contributed by atoms with Crippen LogP contribution in [-0.4, -0.2) is 38.5 Å². The molecule has 5 aromatic rings. The topological polar surface area (TPSA) is 113 Å². The molecule has 3 aromatic carbocycles. The monoisotopic (exact) mass is 762 g/mol. The number of nitrogens with zero attached hydrogens (tertiary/aromatic N) is 4. The van der Waals surface area contributed by atoms with Gasteiger partial charge < -0.3 is 5.11 Å². The van der Waals surface area contributed by atoms with E-state index in [2.05, 4.69) is 0 Å². The van der Waals surface area contributed by atoms with Gasteiger partial charge in [0.15, 0.2) is 11.6 Å². The van der Waals surface area contributed by atoms with Crippen LogP contribution in [0.25, 0.3) is 20.7 Å². The Balaban J connectivity index is 1.14. The highest BCUT2D eigenvalue weighted by Crippen LogP contribution is 2.64. The molecule has 4 aliphatic rings. The summed E-state index contributed by atoms with van der Waals surface area (Å²) in [4.78, 5) is 61.5. The molecule has 4 heterocycles. The largest absolute Gasteiger partial charge is 0.505 e. The maximum absolute atomic E-state index is 15.2. The number of allylic oxidation sites excluding steroid dienone is 2. The van der Waals surface area contributed by atoms with Gasteiger partial charge in [0, 0.05) is 28.8 Å². The van der Waals surface area contributed by atoms with Gasteiger partial charge in [0.1, 0.15) is 11.5 Å². The van der Waals surface area contributed by atoms with Crippen LogP contribution in [0, 0.1) is 41.8 Å². The Kier molecular flexibility index (Phi) is 7.82. The average Bonchev–Trinajstić information content (AvgIpc) is 3.83. The van der Waals surface area contributed by atoms with E-state index in [4.69, 9.17) is 16.7 Å². The molecule has 6 unspecified atom stereocenters. The van der Waals surface area contributed by atoms with Crippen molar-refractivity contribution in [2.45, 2.75) is 46.0 Å². The molecular formula is C42H36ClFN4O5S. The van der Waals surface area contributed by atoms with Crippen LogP contribution in [0.5, 0.6) is 5.75 Å². The molecule has 274 valence electrons. The molecule has 9 nitrogen and oxygen atoms in total. The van der Waals surface area contributed by atoms with Gasteiger partial charge in [-0.15, -0.1) is 11.3 Å². The van der Waals surface area contributed by atoms with Gasteiger partial charge in [0.05, 0.1) is 33.7 Å². The van der Waals surface area contributed by atoms with Gasteiger partial charge in [-0.2, -0.15) is 5.10 Å². The molecule has 1 N–H and O–H groups in total. The quantitative estimate of drug-likeness (QED) is 0.143. The second-order valence-electron chi connectivity index (χ2n) is 15.1. The number of aromatic nitrogens is 2. The van der Waals surface area contributed by atoms with Gasteiger partial charge in [-0.3, -0.25) is 28.8 Å². The Labute approximate surface area is 319 Å². The number of carbonyl (C=O) groups excluding carboxylic acids is 4. The van der Waals surface area contributed by atoms with Crippen molar-refractivity contribution in [2.24, 2.45) is 36.1 Å². The first-order valence-corrected chi connectivity index (χ1v) is 19.3. The molecule has 2 aromatic heterocycles. The summed E-state index contributed by atoms with van der Waals surface area (Å²) in [5, 5.41) is 16.5. The van der Waals surface area contributed by atoms with Crippen LogP contribution in [0.4, 0.5) is 15.9 Å². The van der Waals surface area contributed by atoms with Gasteiger partial charge in [-0.1, -0.05) is 48.4 Å². The Morgan fingerprint density at radius 3 is 2.44 bits per heavy atom. The number of rotatable bonds is 5. The minimum atomic E-state index is -1.38. The van der Waals surface area contributed by atoms with Crippen molar-refractivity contribution in [3.05, 3.63) is 106 Å². The van der Waals surface area contributed by atoms with Gasteiger partial charge in [0.2, 0.25) is 23.6 Å². The average molecular weight is 763 g/mol. The van der Waals surface area contributed by atoms with E-state index in [1.165, 1.54) is 26.6 Å². The highest BCUT2D eigenvalue weighted by atomic mass is 35.5. The minimum absolute atomic E-state index is 0.157. The van der Waals surface area contributed by atoms with Crippen LogP contribution in [-0.2, 0) is 32.6 Å². The molecular weight excluding hydrogens is 727 g/mol. The van der Waals surface area contributed by atoms with Crippen LogP contribution in [0.1, 0.15) is 49.3 Å². The first-order valence-electron chi connectivity index (χ1n) is 18.1. The maximum Gasteiger partial charge on any atom is 0.242 e. The molecule has 0 bridgehead atoms. The third kappa shape index (κ3) is 4.76. The summed E-state index contributed by atoms with van der Waals surface area (Å²) < 4.78 is 17.7. The maximum atomic E-state index is 15.2. The fourth-order valence-electron chi connectivity index (χ4n) is 9.67. The number of carbonyl (C=O) groups is 4. The normalized spacial score (nSPS) is 26.4. The molecule has 1 saturated carbocycles. The van der Waals surface area contributed by atoms with E-state index >= 15 is 9.18 Å². The van der Waals surface area contributed by atoms with Crippen LogP contribution in [0.2, 0.25) is 5.02 Å². The molecule has 0 spiro atoms. The highest BCUT2D eigenvalue weighted by molar-refractivity contribution is 7.22. The van der Waals surface area contributed by atoms with Crippen molar-refractivity contribution in [3.8, 4) is 16.3 Å². The molecule has 12 heteroatoms.